The molecule has 0 aliphatic carbocycles. The van der Waals surface area contributed by atoms with Crippen molar-refractivity contribution in [3.63, 3.8) is 0 Å². The Hall–Kier alpha value is -1.82. The molecule has 0 fully saturated rings. The van der Waals surface area contributed by atoms with Crippen molar-refractivity contribution in [2.45, 2.75) is 6.42 Å². The fourth-order valence-corrected chi connectivity index (χ4v) is 2.36. The molecule has 2 aromatic rings. The van der Waals surface area contributed by atoms with Crippen LogP contribution in [-0.4, -0.2) is 12.9 Å². The van der Waals surface area contributed by atoms with Crippen molar-refractivity contribution in [2.75, 3.05) is 7.11 Å². The van der Waals surface area contributed by atoms with Gasteiger partial charge in [-0.2, -0.15) is 0 Å². The topological polar surface area (TPSA) is 26.3 Å². The second-order valence-corrected chi connectivity index (χ2v) is 5.22. The summed E-state index contributed by atoms with van der Waals surface area (Å²) in [7, 11) is 1.43. The maximum absolute atomic E-state index is 13.6. The van der Waals surface area contributed by atoms with Gasteiger partial charge in [-0.1, -0.05) is 15.9 Å². The number of hydrogen-bond acceptors (Lipinski definition) is 2. The van der Waals surface area contributed by atoms with Crippen molar-refractivity contribution >= 4 is 21.7 Å². The highest BCUT2D eigenvalue weighted by molar-refractivity contribution is 9.10. The van der Waals surface area contributed by atoms with E-state index in [-0.39, 0.29) is 6.42 Å². The summed E-state index contributed by atoms with van der Waals surface area (Å²) in [6, 6.07) is 5.93. The Labute approximate surface area is 127 Å². The zero-order valence-corrected chi connectivity index (χ0v) is 12.5. The first-order chi connectivity index (χ1) is 9.92. The molecule has 0 bridgehead atoms. The van der Waals surface area contributed by atoms with Crippen LogP contribution in [0.1, 0.15) is 15.9 Å². The third-order valence-electron chi connectivity index (χ3n) is 2.88. The molecule has 0 heterocycles. The lowest BCUT2D eigenvalue weighted by Crippen LogP contribution is -2.10. The van der Waals surface area contributed by atoms with E-state index in [0.717, 1.165) is 0 Å². The van der Waals surface area contributed by atoms with E-state index >= 15 is 0 Å². The number of halogens is 4. The maximum atomic E-state index is 13.6. The van der Waals surface area contributed by atoms with Crippen LogP contribution in [0.3, 0.4) is 0 Å². The van der Waals surface area contributed by atoms with Gasteiger partial charge in [0.15, 0.2) is 5.78 Å². The molecule has 6 heteroatoms. The number of methoxy groups -OCH3 is 1. The van der Waals surface area contributed by atoms with Crippen LogP contribution in [0.5, 0.6) is 5.75 Å². The van der Waals surface area contributed by atoms with Crippen LogP contribution in [0.4, 0.5) is 13.2 Å². The summed E-state index contributed by atoms with van der Waals surface area (Å²) in [5, 5.41) is 0. The van der Waals surface area contributed by atoms with Gasteiger partial charge >= 0.3 is 0 Å². The molecule has 21 heavy (non-hydrogen) atoms. The second kappa shape index (κ2) is 6.30. The zero-order valence-electron chi connectivity index (χ0n) is 10.9. The number of Topliss-reactive ketones (excluding diaryl/α,β-unsaturated/α-hetero) is 1. The molecule has 2 nitrogen and oxygen atoms in total. The van der Waals surface area contributed by atoms with Gasteiger partial charge in [-0.25, -0.2) is 13.2 Å². The van der Waals surface area contributed by atoms with Crippen LogP contribution in [0, 0.1) is 17.5 Å². The molecule has 110 valence electrons. The summed E-state index contributed by atoms with van der Waals surface area (Å²) in [5.41, 5.74) is -0.279. The summed E-state index contributed by atoms with van der Waals surface area (Å²) >= 11 is 3.25. The van der Waals surface area contributed by atoms with Crippen LogP contribution in [0.2, 0.25) is 0 Å². The molecule has 2 aromatic carbocycles. The molecule has 0 spiro atoms. The zero-order chi connectivity index (χ0) is 15.6. The Morgan fingerprint density at radius 1 is 1.14 bits per heavy atom. The van der Waals surface area contributed by atoms with Gasteiger partial charge in [0, 0.05) is 28.6 Å². The van der Waals surface area contributed by atoms with E-state index < -0.39 is 28.8 Å². The molecule has 0 saturated carbocycles. The third-order valence-corrected chi connectivity index (χ3v) is 3.37. The number of rotatable bonds is 4. The molecule has 0 radical (unpaired) electrons. The van der Waals surface area contributed by atoms with Crippen molar-refractivity contribution < 1.29 is 22.7 Å². The van der Waals surface area contributed by atoms with Crippen molar-refractivity contribution in [3.8, 4) is 5.75 Å². The van der Waals surface area contributed by atoms with Crippen LogP contribution in [0.15, 0.2) is 34.8 Å². The summed E-state index contributed by atoms with van der Waals surface area (Å²) in [4.78, 5) is 12.1. The quantitative estimate of drug-likeness (QED) is 0.761. The highest BCUT2D eigenvalue weighted by Crippen LogP contribution is 2.25. The minimum atomic E-state index is -1.22. The number of hydrogen-bond donors (Lipinski definition) is 0. The fourth-order valence-electron chi connectivity index (χ4n) is 1.96. The molecule has 0 aliphatic rings. The summed E-state index contributed by atoms with van der Waals surface area (Å²) in [5.74, 6) is -3.87. The van der Waals surface area contributed by atoms with E-state index in [1.54, 1.807) is 18.2 Å². The van der Waals surface area contributed by atoms with Crippen LogP contribution >= 0.6 is 15.9 Å². The Balaban J connectivity index is 2.37. The van der Waals surface area contributed by atoms with Gasteiger partial charge in [-0.15, -0.1) is 0 Å². The standard InChI is InChI=1S/C15H10BrF3O2/c1-21-14-3-2-9(16)4-8(14)5-13(20)15-11(18)6-10(17)7-12(15)19/h2-4,6-7H,5H2,1H3. The number of carbonyl (C=O) groups excluding carboxylic acids is 1. The SMILES string of the molecule is COc1ccc(Br)cc1CC(=O)c1c(F)cc(F)cc1F. The lowest BCUT2D eigenvalue weighted by molar-refractivity contribution is 0.0984. The van der Waals surface area contributed by atoms with E-state index in [1.165, 1.54) is 7.11 Å². The van der Waals surface area contributed by atoms with Gasteiger partial charge in [-0.05, 0) is 18.2 Å². The minimum absolute atomic E-state index is 0.262. The van der Waals surface area contributed by atoms with Gasteiger partial charge in [0.2, 0.25) is 0 Å². The average Bonchev–Trinajstić information content (AvgIpc) is 2.37. The second-order valence-electron chi connectivity index (χ2n) is 4.30. The number of carbonyl (C=O) groups is 1. The largest absolute Gasteiger partial charge is 0.496 e. The molecule has 0 aromatic heterocycles. The fraction of sp³-hybridized carbons (Fsp3) is 0.133. The van der Waals surface area contributed by atoms with Crippen molar-refractivity contribution in [1.82, 2.24) is 0 Å². The van der Waals surface area contributed by atoms with E-state index in [0.29, 0.717) is 27.9 Å². The highest BCUT2D eigenvalue weighted by Gasteiger charge is 2.20. The van der Waals surface area contributed by atoms with Gasteiger partial charge in [0.25, 0.3) is 0 Å². The highest BCUT2D eigenvalue weighted by atomic mass is 79.9. The molecular formula is C15H10BrF3O2. The Morgan fingerprint density at radius 3 is 2.33 bits per heavy atom. The molecular weight excluding hydrogens is 349 g/mol. The lowest BCUT2D eigenvalue weighted by Gasteiger charge is -2.09. The normalized spacial score (nSPS) is 10.5. The molecule has 0 unspecified atom stereocenters. The minimum Gasteiger partial charge on any atom is -0.496 e. The molecule has 0 saturated heterocycles. The molecule has 2 rings (SSSR count). The third kappa shape index (κ3) is 3.44. The average molecular weight is 359 g/mol. The van der Waals surface area contributed by atoms with Gasteiger partial charge in [-0.3, -0.25) is 4.79 Å². The monoisotopic (exact) mass is 358 g/mol. The number of ketones is 1. The van der Waals surface area contributed by atoms with Gasteiger partial charge in [0.1, 0.15) is 23.2 Å². The summed E-state index contributed by atoms with van der Waals surface area (Å²) in [6.45, 7) is 0. The first kappa shape index (κ1) is 15.6. The molecule has 0 aliphatic heterocycles. The summed E-state index contributed by atoms with van der Waals surface area (Å²) < 4.78 is 45.8. The molecule has 0 atom stereocenters. The Kier molecular flexibility index (Phi) is 4.67. The lowest BCUT2D eigenvalue weighted by atomic mass is 10.0. The van der Waals surface area contributed by atoms with Crippen molar-refractivity contribution in [3.05, 3.63) is 63.4 Å². The maximum Gasteiger partial charge on any atom is 0.173 e. The summed E-state index contributed by atoms with van der Waals surface area (Å²) in [6.07, 6.45) is -0.262. The van der Waals surface area contributed by atoms with E-state index in [2.05, 4.69) is 15.9 Å². The van der Waals surface area contributed by atoms with Crippen LogP contribution < -0.4 is 4.74 Å². The van der Waals surface area contributed by atoms with E-state index in [4.69, 9.17) is 4.74 Å². The molecule has 0 amide bonds. The first-order valence-corrected chi connectivity index (χ1v) is 6.72. The molecule has 0 N–H and O–H groups in total. The first-order valence-electron chi connectivity index (χ1n) is 5.92. The Bertz CT molecular complexity index is 678. The van der Waals surface area contributed by atoms with Crippen LogP contribution in [0.25, 0.3) is 0 Å². The number of ether oxygens (including phenoxy) is 1. The van der Waals surface area contributed by atoms with Crippen LogP contribution in [-0.2, 0) is 6.42 Å². The number of benzene rings is 2. The van der Waals surface area contributed by atoms with Gasteiger partial charge < -0.3 is 4.74 Å². The predicted octanol–water partition coefficient (Wildman–Crippen LogP) is 4.30. The van der Waals surface area contributed by atoms with Crippen molar-refractivity contribution in [2.24, 2.45) is 0 Å². The van der Waals surface area contributed by atoms with Gasteiger partial charge in [0.05, 0.1) is 12.7 Å². The predicted molar refractivity (Wildman–Crippen MR) is 75.0 cm³/mol. The Morgan fingerprint density at radius 2 is 1.76 bits per heavy atom. The van der Waals surface area contributed by atoms with E-state index in [9.17, 15) is 18.0 Å². The smallest absolute Gasteiger partial charge is 0.173 e. The van der Waals surface area contributed by atoms with E-state index in [1.807, 2.05) is 0 Å². The van der Waals surface area contributed by atoms with Crippen molar-refractivity contribution in [1.29, 1.82) is 0 Å².